The third-order valence-corrected chi connectivity index (χ3v) is 7.21. The molecule has 2 aliphatic heterocycles. The Morgan fingerprint density at radius 2 is 1.38 bits per heavy atom. The first-order chi connectivity index (χ1) is 17.4. The maximum Gasteiger partial charge on any atom is 0.187 e. The molecule has 1 saturated carbocycles. The number of hydrogen-bond donors (Lipinski definition) is 11. The van der Waals surface area contributed by atoms with Crippen molar-refractivity contribution in [2.24, 2.45) is 34.4 Å². The number of aliphatic hydroxyl groups is 5. The van der Waals surface area contributed by atoms with Crippen LogP contribution >= 0.6 is 0 Å². The Kier molecular flexibility index (Phi) is 11.0. The summed E-state index contributed by atoms with van der Waals surface area (Å²) in [5.74, 6) is 0. The van der Waals surface area contributed by atoms with Crippen molar-refractivity contribution in [3.63, 3.8) is 0 Å². The van der Waals surface area contributed by atoms with Crippen LogP contribution in [0, 0.1) is 0 Å². The minimum absolute atomic E-state index is 0.0510. The third-order valence-electron chi connectivity index (χ3n) is 7.21. The van der Waals surface area contributed by atoms with Crippen molar-refractivity contribution in [3.8, 4) is 0 Å². The molecule has 17 N–H and O–H groups in total. The molecular formula is C21H44N6O10. The Bertz CT molecular complexity index is 715. The van der Waals surface area contributed by atoms with Crippen LogP contribution in [0.2, 0.25) is 0 Å². The molecule has 0 aromatic carbocycles. The van der Waals surface area contributed by atoms with Gasteiger partial charge in [-0.2, -0.15) is 0 Å². The van der Waals surface area contributed by atoms with E-state index >= 15 is 0 Å². The molecule has 0 radical (unpaired) electrons. The summed E-state index contributed by atoms with van der Waals surface area (Å²) in [5, 5.41) is 52.7. The Morgan fingerprint density at radius 1 is 0.784 bits per heavy atom. The van der Waals surface area contributed by atoms with Crippen LogP contribution in [0.25, 0.3) is 0 Å². The predicted octanol–water partition coefficient (Wildman–Crippen LogP) is -6.95. The molecule has 16 heteroatoms. The van der Waals surface area contributed by atoms with Crippen LogP contribution in [0.1, 0.15) is 13.3 Å². The summed E-state index contributed by atoms with van der Waals surface area (Å²) in [5.41, 5.74) is 35.2. The number of rotatable bonds is 9. The first-order valence-electron chi connectivity index (χ1n) is 12.5. The average molecular weight is 541 g/mol. The number of nitrogens with two attached hydrogens (primary N) is 6. The SMILES string of the molecule is C[C@H]1O[C@H](O[C@@H]2[C@@H](O)[C@H](O[C@H]3O[C@H](CN)[C@@H](O)[C@H](O)[C@H]3N)[C@@H](N)C[C@H]2N)[C@H](O)[C@@H](O)[C@@H]1OC[C@@H](N)CN. The summed E-state index contributed by atoms with van der Waals surface area (Å²) < 4.78 is 28.6. The van der Waals surface area contributed by atoms with Gasteiger partial charge in [-0.15, -0.1) is 0 Å². The van der Waals surface area contributed by atoms with E-state index in [1.807, 2.05) is 0 Å². The van der Waals surface area contributed by atoms with Crippen molar-refractivity contribution in [1.29, 1.82) is 0 Å². The van der Waals surface area contributed by atoms with Crippen LogP contribution in [0.4, 0.5) is 0 Å². The van der Waals surface area contributed by atoms with Crippen LogP contribution in [0.5, 0.6) is 0 Å². The van der Waals surface area contributed by atoms with Crippen LogP contribution in [0.15, 0.2) is 0 Å². The van der Waals surface area contributed by atoms with Crippen LogP contribution in [0.3, 0.4) is 0 Å². The van der Waals surface area contributed by atoms with Gasteiger partial charge in [-0.1, -0.05) is 0 Å². The van der Waals surface area contributed by atoms with Gasteiger partial charge in [0, 0.05) is 31.2 Å². The summed E-state index contributed by atoms with van der Waals surface area (Å²) >= 11 is 0. The van der Waals surface area contributed by atoms with Gasteiger partial charge < -0.3 is 83.6 Å². The highest BCUT2D eigenvalue weighted by Gasteiger charge is 2.51. The fourth-order valence-electron chi connectivity index (χ4n) is 4.87. The molecule has 37 heavy (non-hydrogen) atoms. The molecule has 1 aliphatic carbocycles. The maximum absolute atomic E-state index is 11.1. The van der Waals surface area contributed by atoms with Gasteiger partial charge in [0.25, 0.3) is 0 Å². The number of hydrogen-bond acceptors (Lipinski definition) is 16. The largest absolute Gasteiger partial charge is 0.388 e. The van der Waals surface area contributed by atoms with Crippen molar-refractivity contribution >= 4 is 0 Å². The molecule has 16 atom stereocenters. The van der Waals surface area contributed by atoms with Gasteiger partial charge in [-0.25, -0.2) is 0 Å². The third kappa shape index (κ3) is 6.75. The molecule has 218 valence electrons. The summed E-state index contributed by atoms with van der Waals surface area (Å²) in [6.07, 6.45) is -14.3. The highest BCUT2D eigenvalue weighted by atomic mass is 16.7. The van der Waals surface area contributed by atoms with E-state index in [1.54, 1.807) is 6.92 Å². The minimum atomic E-state index is -1.54. The van der Waals surface area contributed by atoms with Crippen molar-refractivity contribution < 1.29 is 49.2 Å². The molecule has 2 heterocycles. The number of aliphatic hydroxyl groups excluding tert-OH is 5. The van der Waals surface area contributed by atoms with E-state index in [4.69, 9.17) is 58.1 Å². The minimum Gasteiger partial charge on any atom is -0.388 e. The van der Waals surface area contributed by atoms with Gasteiger partial charge in [0.05, 0.1) is 18.8 Å². The van der Waals surface area contributed by atoms with E-state index in [2.05, 4.69) is 0 Å². The zero-order chi connectivity index (χ0) is 27.6. The molecule has 0 spiro atoms. The van der Waals surface area contributed by atoms with Gasteiger partial charge in [0.1, 0.15) is 54.9 Å². The molecule has 16 nitrogen and oxygen atoms in total. The van der Waals surface area contributed by atoms with E-state index in [0.29, 0.717) is 0 Å². The summed E-state index contributed by atoms with van der Waals surface area (Å²) in [4.78, 5) is 0. The van der Waals surface area contributed by atoms with Gasteiger partial charge in [-0.05, 0) is 13.3 Å². The molecule has 0 aromatic heterocycles. The average Bonchev–Trinajstić information content (AvgIpc) is 2.86. The summed E-state index contributed by atoms with van der Waals surface area (Å²) in [7, 11) is 0. The first kappa shape index (κ1) is 30.9. The van der Waals surface area contributed by atoms with Gasteiger partial charge in [0.15, 0.2) is 12.6 Å². The number of ether oxygens (including phenoxy) is 5. The second-order valence-electron chi connectivity index (χ2n) is 10.1. The van der Waals surface area contributed by atoms with Crippen molar-refractivity contribution in [2.75, 3.05) is 19.7 Å². The Morgan fingerprint density at radius 3 is 1.95 bits per heavy atom. The van der Waals surface area contributed by atoms with E-state index in [-0.39, 0.29) is 26.1 Å². The molecule has 3 fully saturated rings. The fraction of sp³-hybridized carbons (Fsp3) is 1.00. The molecule has 3 aliphatic rings. The van der Waals surface area contributed by atoms with Gasteiger partial charge >= 0.3 is 0 Å². The van der Waals surface area contributed by atoms with Crippen molar-refractivity contribution in [3.05, 3.63) is 0 Å². The quantitative estimate of drug-likeness (QED) is 0.129. The zero-order valence-corrected chi connectivity index (χ0v) is 20.8. The second kappa shape index (κ2) is 13.1. The lowest BCUT2D eigenvalue weighted by molar-refractivity contribution is -0.330. The Labute approximate surface area is 215 Å². The molecule has 0 amide bonds. The zero-order valence-electron chi connectivity index (χ0n) is 20.8. The topological polar surface area (TPSA) is 303 Å². The van der Waals surface area contributed by atoms with Gasteiger partial charge in [0.2, 0.25) is 0 Å². The summed E-state index contributed by atoms with van der Waals surface area (Å²) in [6, 6.07) is -3.16. The standard InChI is InChI=1S/C21H44N6O10/c1-6-17(33-5-7(24)3-22)14(30)15(31)21(34-6)37-19-9(26)2-8(25)18(16(19)32)36-20-11(27)13(29)12(28)10(4-23)35-20/h6-21,28-32H,2-5,22-27H2,1H3/t6-,7+,8+,9-,10-,11-,12-,13-,14-,15-,16+,17-,18-,19+,20-,21-/m1/s1. The lowest BCUT2D eigenvalue weighted by Crippen LogP contribution is -2.68. The second-order valence-corrected chi connectivity index (χ2v) is 10.1. The lowest BCUT2D eigenvalue weighted by atomic mass is 9.84. The Hall–Kier alpha value is -0.640. The molecule has 0 bridgehead atoms. The van der Waals surface area contributed by atoms with Crippen molar-refractivity contribution in [2.45, 2.75) is 111 Å². The predicted molar refractivity (Wildman–Crippen MR) is 127 cm³/mol. The molecule has 0 aromatic rings. The monoisotopic (exact) mass is 540 g/mol. The first-order valence-corrected chi connectivity index (χ1v) is 12.5. The van der Waals surface area contributed by atoms with Crippen LogP contribution in [-0.2, 0) is 23.7 Å². The highest BCUT2D eigenvalue weighted by Crippen LogP contribution is 2.31. The van der Waals surface area contributed by atoms with E-state index < -0.39 is 97.8 Å². The normalized spacial score (nSPS) is 50.1. The highest BCUT2D eigenvalue weighted by molar-refractivity contribution is 5.01. The molecule has 3 rings (SSSR count). The molecule has 0 unspecified atom stereocenters. The lowest BCUT2D eigenvalue weighted by Gasteiger charge is -2.48. The van der Waals surface area contributed by atoms with Crippen molar-refractivity contribution in [1.82, 2.24) is 0 Å². The fourth-order valence-corrected chi connectivity index (χ4v) is 4.87. The van der Waals surface area contributed by atoms with E-state index in [0.717, 1.165) is 0 Å². The summed E-state index contributed by atoms with van der Waals surface area (Å²) in [6.45, 7) is 1.74. The van der Waals surface area contributed by atoms with Gasteiger partial charge in [-0.3, -0.25) is 0 Å². The Balaban J connectivity index is 1.67. The molecule has 2 saturated heterocycles. The van der Waals surface area contributed by atoms with E-state index in [1.165, 1.54) is 0 Å². The van der Waals surface area contributed by atoms with E-state index in [9.17, 15) is 25.5 Å². The maximum atomic E-state index is 11.1. The smallest absolute Gasteiger partial charge is 0.187 e. The van der Waals surface area contributed by atoms with Crippen LogP contribution in [-0.4, -0.2) is 143 Å². The molecular weight excluding hydrogens is 496 g/mol. The van der Waals surface area contributed by atoms with Crippen LogP contribution < -0.4 is 34.4 Å².